The fraction of sp³-hybridized carbons (Fsp3) is 0.826. The monoisotopic (exact) mass is 390 g/mol. The van der Waals surface area contributed by atoms with Crippen LogP contribution in [0.2, 0.25) is 0 Å². The maximum atomic E-state index is 12.9. The molecule has 4 rings (SSSR count). The van der Waals surface area contributed by atoms with Gasteiger partial charge >= 0.3 is 5.97 Å². The zero-order valence-electron chi connectivity index (χ0n) is 17.4. The van der Waals surface area contributed by atoms with Crippen molar-refractivity contribution in [2.24, 2.45) is 34.0 Å². The third kappa shape index (κ3) is 2.72. The third-order valence-corrected chi connectivity index (χ3v) is 8.02. The summed E-state index contributed by atoms with van der Waals surface area (Å²) >= 11 is 0. The number of rotatable bonds is 5. The molecule has 0 saturated heterocycles. The molecule has 28 heavy (non-hydrogen) atoms. The van der Waals surface area contributed by atoms with E-state index < -0.39 is 5.41 Å². The first-order chi connectivity index (χ1) is 13.3. The van der Waals surface area contributed by atoms with E-state index in [4.69, 9.17) is 9.47 Å². The Morgan fingerprint density at radius 2 is 2.11 bits per heavy atom. The molecule has 0 aliphatic heterocycles. The summed E-state index contributed by atoms with van der Waals surface area (Å²) in [4.78, 5) is 25.4. The van der Waals surface area contributed by atoms with Crippen LogP contribution in [0.25, 0.3) is 0 Å². The maximum Gasteiger partial charge on any atom is 0.311 e. The van der Waals surface area contributed by atoms with E-state index in [1.165, 1.54) is 0 Å². The first-order valence-electron chi connectivity index (χ1n) is 10.9. The van der Waals surface area contributed by atoms with E-state index >= 15 is 0 Å². The predicted molar refractivity (Wildman–Crippen MR) is 104 cm³/mol. The molecule has 1 N–H and O–H groups in total. The van der Waals surface area contributed by atoms with Gasteiger partial charge in [-0.05, 0) is 58.8 Å². The van der Waals surface area contributed by atoms with Crippen LogP contribution in [-0.4, -0.2) is 42.8 Å². The van der Waals surface area contributed by atoms with Crippen molar-refractivity contribution in [3.63, 3.8) is 0 Å². The van der Waals surface area contributed by atoms with Crippen LogP contribution in [0, 0.1) is 34.0 Å². The highest BCUT2D eigenvalue weighted by Gasteiger charge is 2.73. The van der Waals surface area contributed by atoms with Crippen LogP contribution in [0.15, 0.2) is 12.2 Å². The lowest BCUT2D eigenvalue weighted by Crippen LogP contribution is -2.54. The van der Waals surface area contributed by atoms with Crippen LogP contribution < -0.4 is 0 Å². The fourth-order valence-electron chi connectivity index (χ4n) is 6.99. The molecular weight excluding hydrogens is 356 g/mol. The Kier molecular flexibility index (Phi) is 4.98. The number of aliphatic hydroxyl groups excluding tert-OH is 1. The molecule has 4 bridgehead atoms. The highest BCUT2D eigenvalue weighted by molar-refractivity contribution is 5.83. The molecule has 6 unspecified atom stereocenters. The second kappa shape index (κ2) is 6.94. The average Bonchev–Trinajstić information content (AvgIpc) is 2.77. The van der Waals surface area contributed by atoms with Crippen molar-refractivity contribution in [3.8, 4) is 0 Å². The Morgan fingerprint density at radius 3 is 2.82 bits per heavy atom. The molecule has 3 saturated carbocycles. The minimum atomic E-state index is -0.525. The molecule has 6 atom stereocenters. The van der Waals surface area contributed by atoms with Crippen molar-refractivity contribution < 1.29 is 24.2 Å². The number of ether oxygens (including phenoxy) is 2. The molecule has 0 aromatic rings. The lowest BCUT2D eigenvalue weighted by Gasteiger charge is -2.54. The Balaban J connectivity index is 1.71. The van der Waals surface area contributed by atoms with Gasteiger partial charge in [0.2, 0.25) is 0 Å². The first-order valence-corrected chi connectivity index (χ1v) is 10.9. The smallest absolute Gasteiger partial charge is 0.311 e. The summed E-state index contributed by atoms with van der Waals surface area (Å²) in [6.07, 6.45) is 9.69. The molecule has 4 aliphatic carbocycles. The minimum absolute atomic E-state index is 0.0156. The van der Waals surface area contributed by atoms with Crippen LogP contribution in [0.4, 0.5) is 0 Å². The summed E-state index contributed by atoms with van der Waals surface area (Å²) in [7, 11) is 0. The van der Waals surface area contributed by atoms with Gasteiger partial charge in [-0.3, -0.25) is 9.59 Å². The Labute approximate surface area is 167 Å². The summed E-state index contributed by atoms with van der Waals surface area (Å²) in [5, 5.41) is 9.40. The zero-order valence-corrected chi connectivity index (χ0v) is 17.4. The topological polar surface area (TPSA) is 72.8 Å². The highest BCUT2D eigenvalue weighted by Crippen LogP contribution is 2.73. The molecule has 5 heteroatoms. The second-order valence-electron chi connectivity index (χ2n) is 10.3. The van der Waals surface area contributed by atoms with E-state index in [2.05, 4.69) is 12.2 Å². The average molecular weight is 391 g/mol. The molecule has 5 nitrogen and oxygen atoms in total. The second-order valence-corrected chi connectivity index (χ2v) is 10.3. The van der Waals surface area contributed by atoms with Gasteiger partial charge in [0.1, 0.15) is 5.78 Å². The van der Waals surface area contributed by atoms with Gasteiger partial charge in [0.05, 0.1) is 31.3 Å². The Bertz CT molecular complexity index is 677. The lowest BCUT2D eigenvalue weighted by molar-refractivity contribution is -0.165. The zero-order chi connectivity index (χ0) is 20.2. The summed E-state index contributed by atoms with van der Waals surface area (Å²) in [6.45, 7) is 6.33. The van der Waals surface area contributed by atoms with Gasteiger partial charge < -0.3 is 14.6 Å². The molecule has 156 valence electrons. The molecule has 0 amide bonds. The predicted octanol–water partition coefficient (Wildman–Crippen LogP) is 3.29. The number of carbonyl (C=O) groups excluding carboxylic acids is 2. The SMILES string of the molecule is CC(C)(C)C(=O)OCC12CCC3C(=O)CCCC34C(OCCO)C1C=CCC24. The number of ketones is 1. The van der Waals surface area contributed by atoms with Gasteiger partial charge in [-0.1, -0.05) is 12.2 Å². The number of aliphatic hydroxyl groups is 1. The molecule has 0 aromatic heterocycles. The highest BCUT2D eigenvalue weighted by atomic mass is 16.5. The standard InChI is InChI=1S/C23H34O5/c1-21(2,3)20(26)28-14-22-11-9-15-17(25)7-5-10-23(15)18(22)8-4-6-16(22)19(23)27-13-12-24/h4,6,15-16,18-19,24H,5,7-14H2,1-3H3. The van der Waals surface area contributed by atoms with Gasteiger partial charge in [-0.2, -0.15) is 0 Å². The molecular formula is C23H34O5. The van der Waals surface area contributed by atoms with Gasteiger partial charge in [-0.25, -0.2) is 0 Å². The van der Waals surface area contributed by atoms with E-state index in [9.17, 15) is 14.7 Å². The van der Waals surface area contributed by atoms with E-state index in [-0.39, 0.29) is 41.3 Å². The van der Waals surface area contributed by atoms with Crippen molar-refractivity contribution in [2.45, 2.75) is 65.4 Å². The first kappa shape index (κ1) is 20.1. The lowest BCUT2D eigenvalue weighted by atomic mass is 9.50. The van der Waals surface area contributed by atoms with Gasteiger partial charge in [-0.15, -0.1) is 0 Å². The molecule has 3 fully saturated rings. The van der Waals surface area contributed by atoms with Crippen LogP contribution in [0.1, 0.15) is 59.3 Å². The van der Waals surface area contributed by atoms with E-state index in [0.717, 1.165) is 32.1 Å². The van der Waals surface area contributed by atoms with Crippen LogP contribution in [0.5, 0.6) is 0 Å². The van der Waals surface area contributed by atoms with Gasteiger partial charge in [0.25, 0.3) is 0 Å². The van der Waals surface area contributed by atoms with Crippen LogP contribution >= 0.6 is 0 Å². The summed E-state index contributed by atoms with van der Waals surface area (Å²) < 4.78 is 12.2. The normalized spacial score (nSPS) is 41.6. The van der Waals surface area contributed by atoms with E-state index in [1.807, 2.05) is 20.8 Å². The van der Waals surface area contributed by atoms with Gasteiger partial charge in [0.15, 0.2) is 0 Å². The van der Waals surface area contributed by atoms with Crippen molar-refractivity contribution in [2.75, 3.05) is 19.8 Å². The quantitative estimate of drug-likeness (QED) is 0.576. The maximum absolute atomic E-state index is 12.9. The molecule has 0 heterocycles. The minimum Gasteiger partial charge on any atom is -0.465 e. The van der Waals surface area contributed by atoms with Crippen LogP contribution in [0.3, 0.4) is 0 Å². The number of Topliss-reactive ketones (excluding diaryl/α,β-unsaturated/α-hetero) is 1. The number of hydrogen-bond donors (Lipinski definition) is 1. The van der Waals surface area contributed by atoms with Crippen LogP contribution in [-0.2, 0) is 19.1 Å². The van der Waals surface area contributed by atoms with Crippen molar-refractivity contribution >= 4 is 11.8 Å². The van der Waals surface area contributed by atoms with E-state index in [1.54, 1.807) is 0 Å². The summed E-state index contributed by atoms with van der Waals surface area (Å²) in [6, 6.07) is 0. The largest absolute Gasteiger partial charge is 0.465 e. The number of hydrogen-bond acceptors (Lipinski definition) is 5. The fourth-order valence-corrected chi connectivity index (χ4v) is 6.99. The van der Waals surface area contributed by atoms with Crippen molar-refractivity contribution in [3.05, 3.63) is 12.2 Å². The molecule has 1 spiro atoms. The van der Waals surface area contributed by atoms with Gasteiger partial charge in [0, 0.05) is 29.1 Å². The molecule has 0 radical (unpaired) electrons. The third-order valence-electron chi connectivity index (χ3n) is 8.02. The van der Waals surface area contributed by atoms with Crippen molar-refractivity contribution in [1.82, 2.24) is 0 Å². The molecule has 0 aromatic carbocycles. The Hall–Kier alpha value is -1.20. The number of carbonyl (C=O) groups is 2. The summed E-state index contributed by atoms with van der Waals surface area (Å²) in [5.41, 5.74) is -0.850. The number of esters is 1. The molecule has 4 aliphatic rings. The van der Waals surface area contributed by atoms with Crippen molar-refractivity contribution in [1.29, 1.82) is 0 Å². The Morgan fingerprint density at radius 1 is 1.32 bits per heavy atom. The number of allylic oxidation sites excluding steroid dienone is 1. The van der Waals surface area contributed by atoms with E-state index in [0.29, 0.717) is 31.3 Å². The summed E-state index contributed by atoms with van der Waals surface area (Å²) in [5.74, 6) is 0.707.